The molecule has 0 saturated heterocycles. The summed E-state index contributed by atoms with van der Waals surface area (Å²) in [6, 6.07) is 10.1. The lowest BCUT2D eigenvalue weighted by Gasteiger charge is -2.16. The van der Waals surface area contributed by atoms with Gasteiger partial charge in [-0.15, -0.1) is 0 Å². The first kappa shape index (κ1) is 19.4. The number of nitrogen functional groups attached to an aromatic ring is 1. The van der Waals surface area contributed by atoms with Crippen molar-refractivity contribution in [2.75, 3.05) is 17.6 Å². The Morgan fingerprint density at radius 1 is 1.13 bits per heavy atom. The second-order valence-electron chi connectivity index (χ2n) is 7.55. The third kappa shape index (κ3) is 3.57. The molecule has 156 valence electrons. The molecule has 5 aromatic rings. The monoisotopic (exact) mass is 431 g/mol. The third-order valence-electron chi connectivity index (χ3n) is 5.46. The lowest BCUT2D eigenvalue weighted by Crippen LogP contribution is -2.07. The number of nitrogens with two attached hydrogens (primary N) is 1. The van der Waals surface area contributed by atoms with Crippen molar-refractivity contribution < 1.29 is 0 Å². The van der Waals surface area contributed by atoms with Gasteiger partial charge in [-0.1, -0.05) is 23.7 Å². The van der Waals surface area contributed by atoms with E-state index >= 15 is 0 Å². The predicted octanol–water partition coefficient (Wildman–Crippen LogP) is 4.79. The first-order valence-electron chi connectivity index (χ1n) is 10.1. The molecule has 0 saturated carbocycles. The van der Waals surface area contributed by atoms with Gasteiger partial charge in [0, 0.05) is 47.3 Å². The Balaban J connectivity index is 1.60. The third-order valence-corrected chi connectivity index (χ3v) is 5.77. The fraction of sp³-hybridized carbons (Fsp3) is 0.174. The van der Waals surface area contributed by atoms with Gasteiger partial charge in [0.15, 0.2) is 0 Å². The topological polar surface area (TPSA) is 86.1 Å². The fourth-order valence-electron chi connectivity index (χ4n) is 3.95. The number of hydrogen-bond acceptors (Lipinski definition) is 5. The molecular weight excluding hydrogens is 410 g/mol. The molecule has 0 unspecified atom stereocenters. The van der Waals surface area contributed by atoms with E-state index in [1.165, 1.54) is 0 Å². The molecule has 0 bridgehead atoms. The second-order valence-corrected chi connectivity index (χ2v) is 7.96. The number of aryl methyl sites for hydroxylation is 2. The van der Waals surface area contributed by atoms with Crippen LogP contribution in [0.1, 0.15) is 12.0 Å². The van der Waals surface area contributed by atoms with Crippen molar-refractivity contribution in [3.8, 4) is 11.1 Å². The van der Waals surface area contributed by atoms with Crippen molar-refractivity contribution >= 4 is 39.7 Å². The average Bonchev–Trinajstić information content (AvgIpc) is 3.44. The highest BCUT2D eigenvalue weighted by atomic mass is 35.5. The van der Waals surface area contributed by atoms with Crippen LogP contribution in [0, 0.1) is 6.92 Å². The highest BCUT2D eigenvalue weighted by Crippen LogP contribution is 2.38. The summed E-state index contributed by atoms with van der Waals surface area (Å²) in [5, 5.41) is 4.24. The molecule has 0 radical (unpaired) electrons. The lowest BCUT2D eigenvalue weighted by atomic mass is 9.98. The van der Waals surface area contributed by atoms with Crippen LogP contribution < -0.4 is 11.1 Å². The van der Waals surface area contributed by atoms with Crippen LogP contribution in [0.25, 0.3) is 27.7 Å². The number of fused-ring (bicyclic) bond motifs is 3. The van der Waals surface area contributed by atoms with E-state index in [0.717, 1.165) is 58.4 Å². The normalized spacial score (nSPS) is 11.4. The van der Waals surface area contributed by atoms with Crippen LogP contribution in [0.15, 0.2) is 61.6 Å². The van der Waals surface area contributed by atoms with Gasteiger partial charge in [0.2, 0.25) is 0 Å². The summed E-state index contributed by atoms with van der Waals surface area (Å²) in [6.45, 7) is 3.78. The summed E-state index contributed by atoms with van der Waals surface area (Å²) in [5.74, 6) is 0.442. The van der Waals surface area contributed by atoms with E-state index in [1.807, 2.05) is 29.1 Å². The largest absolute Gasteiger partial charge is 0.385 e. The van der Waals surface area contributed by atoms with Crippen molar-refractivity contribution in [2.24, 2.45) is 0 Å². The maximum absolute atomic E-state index is 6.63. The minimum Gasteiger partial charge on any atom is -0.385 e. The van der Waals surface area contributed by atoms with Crippen LogP contribution >= 0.6 is 11.6 Å². The molecule has 0 aliphatic rings. The van der Waals surface area contributed by atoms with Crippen LogP contribution in [-0.4, -0.2) is 30.5 Å². The van der Waals surface area contributed by atoms with Gasteiger partial charge in [-0.2, -0.15) is 0 Å². The molecule has 31 heavy (non-hydrogen) atoms. The van der Waals surface area contributed by atoms with Crippen LogP contribution in [0.5, 0.6) is 0 Å². The predicted molar refractivity (Wildman–Crippen MR) is 125 cm³/mol. The molecule has 3 heterocycles. The molecule has 0 aliphatic carbocycles. The fourth-order valence-corrected chi connectivity index (χ4v) is 4.28. The first-order chi connectivity index (χ1) is 15.1. The van der Waals surface area contributed by atoms with Gasteiger partial charge >= 0.3 is 0 Å². The molecule has 0 amide bonds. The molecule has 7 nitrogen and oxygen atoms in total. The van der Waals surface area contributed by atoms with Crippen molar-refractivity contribution in [1.29, 1.82) is 0 Å². The molecule has 3 aromatic heterocycles. The van der Waals surface area contributed by atoms with E-state index in [9.17, 15) is 0 Å². The van der Waals surface area contributed by atoms with Crippen LogP contribution in [0.3, 0.4) is 0 Å². The zero-order valence-electron chi connectivity index (χ0n) is 17.1. The van der Waals surface area contributed by atoms with Gasteiger partial charge in [0.05, 0.1) is 29.9 Å². The molecule has 2 aromatic carbocycles. The summed E-state index contributed by atoms with van der Waals surface area (Å²) < 4.78 is 4.05. The van der Waals surface area contributed by atoms with E-state index in [0.29, 0.717) is 10.8 Å². The molecule has 0 aliphatic heterocycles. The van der Waals surface area contributed by atoms with Crippen molar-refractivity contribution in [2.45, 2.75) is 19.9 Å². The molecular formula is C23H22ClN7. The lowest BCUT2D eigenvalue weighted by molar-refractivity contribution is 0.661. The number of nitrogens with zero attached hydrogens (tertiary/aromatic N) is 5. The Kier molecular flexibility index (Phi) is 4.95. The minimum atomic E-state index is 0.442. The summed E-state index contributed by atoms with van der Waals surface area (Å²) in [6.07, 6.45) is 10.1. The van der Waals surface area contributed by atoms with E-state index in [-0.39, 0.29) is 0 Å². The number of rotatable bonds is 6. The van der Waals surface area contributed by atoms with Crippen LogP contribution in [0.4, 0.5) is 11.5 Å². The van der Waals surface area contributed by atoms with Crippen LogP contribution in [0.2, 0.25) is 5.02 Å². The number of benzene rings is 2. The summed E-state index contributed by atoms with van der Waals surface area (Å²) in [5.41, 5.74) is 12.7. The molecule has 0 atom stereocenters. The zero-order chi connectivity index (χ0) is 21.4. The first-order valence-corrected chi connectivity index (χ1v) is 10.5. The number of nitrogens with one attached hydrogen (secondary N) is 1. The SMILES string of the molecule is Cc1cccc(Cl)c1-c1cc(NCCCn2ccnc2)cc2c1nc(N)c1cncn12. The molecule has 3 N–H and O–H groups in total. The Morgan fingerprint density at radius 3 is 2.84 bits per heavy atom. The summed E-state index contributed by atoms with van der Waals surface area (Å²) in [4.78, 5) is 13.1. The summed E-state index contributed by atoms with van der Waals surface area (Å²) >= 11 is 6.63. The van der Waals surface area contributed by atoms with Gasteiger partial charge in [0.25, 0.3) is 0 Å². The number of imidazole rings is 2. The Morgan fingerprint density at radius 2 is 2.03 bits per heavy atom. The Hall–Kier alpha value is -3.58. The smallest absolute Gasteiger partial charge is 0.150 e. The van der Waals surface area contributed by atoms with E-state index in [2.05, 4.69) is 45.0 Å². The molecule has 0 spiro atoms. The Bertz CT molecular complexity index is 1350. The summed E-state index contributed by atoms with van der Waals surface area (Å²) in [7, 11) is 0. The maximum atomic E-state index is 6.63. The quantitative estimate of drug-likeness (QED) is 0.377. The molecule has 0 fully saturated rings. The van der Waals surface area contributed by atoms with Gasteiger partial charge < -0.3 is 15.6 Å². The van der Waals surface area contributed by atoms with Crippen molar-refractivity contribution in [3.63, 3.8) is 0 Å². The average molecular weight is 432 g/mol. The van der Waals surface area contributed by atoms with Gasteiger partial charge in [-0.25, -0.2) is 15.0 Å². The maximum Gasteiger partial charge on any atom is 0.150 e. The van der Waals surface area contributed by atoms with Gasteiger partial charge in [0.1, 0.15) is 11.3 Å². The standard InChI is InChI=1S/C23H22ClN7/c1-15-4-2-5-18(24)21(15)17-10-16(28-6-3-8-30-9-7-26-13-30)11-19-22(17)29-23(25)20-12-27-14-31(19)20/h2,4-5,7,9-14,28H,3,6,8H2,1H3,(H2,25,29). The van der Waals surface area contributed by atoms with Crippen LogP contribution in [-0.2, 0) is 6.54 Å². The second kappa shape index (κ2) is 7.92. The van der Waals surface area contributed by atoms with Gasteiger partial charge in [-0.05, 0) is 37.1 Å². The molecule has 5 rings (SSSR count). The number of aromatic nitrogens is 5. The number of halogens is 1. The minimum absolute atomic E-state index is 0.442. The van der Waals surface area contributed by atoms with Crippen molar-refractivity contribution in [3.05, 3.63) is 72.2 Å². The number of hydrogen-bond donors (Lipinski definition) is 2. The van der Waals surface area contributed by atoms with Gasteiger partial charge in [-0.3, -0.25) is 4.40 Å². The highest BCUT2D eigenvalue weighted by Gasteiger charge is 2.16. The highest BCUT2D eigenvalue weighted by molar-refractivity contribution is 6.34. The Labute approximate surface area is 184 Å². The van der Waals surface area contributed by atoms with E-state index in [4.69, 9.17) is 22.3 Å². The van der Waals surface area contributed by atoms with E-state index < -0.39 is 0 Å². The zero-order valence-corrected chi connectivity index (χ0v) is 17.8. The number of anilines is 2. The molecule has 8 heteroatoms. The van der Waals surface area contributed by atoms with E-state index in [1.54, 1.807) is 18.7 Å². The van der Waals surface area contributed by atoms with Crippen molar-refractivity contribution in [1.82, 2.24) is 23.9 Å².